The maximum atomic E-state index is 14.6. The summed E-state index contributed by atoms with van der Waals surface area (Å²) in [7, 11) is 0. The molecule has 40 heavy (non-hydrogen) atoms. The van der Waals surface area contributed by atoms with Crippen LogP contribution >= 0.6 is 0 Å². The topological polar surface area (TPSA) is 102 Å². The van der Waals surface area contributed by atoms with Gasteiger partial charge in [0.1, 0.15) is 5.60 Å². The number of hydrogen-bond donors (Lipinski definition) is 0. The smallest absolute Gasteiger partial charge is 0.421 e. The van der Waals surface area contributed by atoms with Gasteiger partial charge in [0, 0.05) is 6.42 Å². The van der Waals surface area contributed by atoms with Crippen LogP contribution in [0.15, 0.2) is 72.8 Å². The van der Waals surface area contributed by atoms with Gasteiger partial charge in [-0.3, -0.25) is 19.3 Å². The number of ether oxygens (including phenoxy) is 3. The third kappa shape index (κ3) is 4.00. The van der Waals surface area contributed by atoms with Crippen LogP contribution in [0.5, 0.6) is 11.5 Å². The summed E-state index contributed by atoms with van der Waals surface area (Å²) in [5.74, 6) is -1.48. The molecule has 9 nitrogen and oxygen atoms in total. The van der Waals surface area contributed by atoms with Gasteiger partial charge in [0.25, 0.3) is 0 Å². The predicted octanol–water partition coefficient (Wildman–Crippen LogP) is 4.76. The lowest BCUT2D eigenvalue weighted by Gasteiger charge is -2.33. The number of benzene rings is 3. The fourth-order valence-electron chi connectivity index (χ4n) is 5.83. The number of para-hydroxylation sites is 2. The van der Waals surface area contributed by atoms with E-state index in [-0.39, 0.29) is 19.6 Å². The molecule has 0 saturated carbocycles. The van der Waals surface area contributed by atoms with Crippen LogP contribution in [0, 0.1) is 5.92 Å². The Morgan fingerprint density at radius 1 is 0.950 bits per heavy atom. The minimum atomic E-state index is -1.56. The van der Waals surface area contributed by atoms with Crippen molar-refractivity contribution in [1.29, 1.82) is 0 Å². The van der Waals surface area contributed by atoms with Crippen molar-refractivity contribution >= 4 is 35.2 Å². The highest BCUT2D eigenvalue weighted by molar-refractivity contribution is 6.27. The first kappa shape index (κ1) is 25.6. The quantitative estimate of drug-likeness (QED) is 0.440. The number of nitrogens with zero attached hydrogens (tertiary/aromatic N) is 2. The second-order valence-corrected chi connectivity index (χ2v) is 11.1. The summed E-state index contributed by atoms with van der Waals surface area (Å²) >= 11 is 0. The van der Waals surface area contributed by atoms with Crippen molar-refractivity contribution in [1.82, 2.24) is 0 Å². The van der Waals surface area contributed by atoms with Crippen LogP contribution in [-0.2, 0) is 31.0 Å². The highest BCUT2D eigenvalue weighted by Crippen LogP contribution is 2.52. The molecule has 1 unspecified atom stereocenters. The first-order valence-electron chi connectivity index (χ1n) is 13.1. The van der Waals surface area contributed by atoms with Crippen molar-refractivity contribution in [2.75, 3.05) is 16.6 Å². The van der Waals surface area contributed by atoms with Crippen LogP contribution in [0.25, 0.3) is 0 Å². The molecule has 0 aliphatic carbocycles. The second-order valence-electron chi connectivity index (χ2n) is 11.1. The van der Waals surface area contributed by atoms with Crippen LogP contribution < -0.4 is 19.3 Å². The van der Waals surface area contributed by atoms with E-state index in [2.05, 4.69) is 0 Å². The number of carbonyl (C=O) groups is 4. The van der Waals surface area contributed by atoms with Gasteiger partial charge in [0.2, 0.25) is 24.5 Å². The summed E-state index contributed by atoms with van der Waals surface area (Å²) in [6.45, 7) is 5.23. The molecule has 3 heterocycles. The van der Waals surface area contributed by atoms with E-state index in [4.69, 9.17) is 14.2 Å². The van der Waals surface area contributed by atoms with Crippen molar-refractivity contribution in [3.8, 4) is 11.5 Å². The van der Waals surface area contributed by atoms with Gasteiger partial charge in [0.15, 0.2) is 11.5 Å². The van der Waals surface area contributed by atoms with Crippen LogP contribution in [0.4, 0.5) is 16.2 Å². The molecule has 1 saturated heterocycles. The lowest BCUT2D eigenvalue weighted by Crippen LogP contribution is -2.52. The molecule has 1 fully saturated rings. The SMILES string of the molecule is CC(C)(C)OC(=O)N1C(=O)[C@@](Cc2ccc3c(c2)OCO3)(C2CC(=O)N(c3ccccc3)C2=O)c2ccccc21. The largest absolute Gasteiger partial charge is 0.454 e. The molecule has 3 aliphatic heterocycles. The molecule has 0 bridgehead atoms. The Labute approximate surface area is 231 Å². The second kappa shape index (κ2) is 9.22. The average Bonchev–Trinajstić information content (AvgIpc) is 3.56. The van der Waals surface area contributed by atoms with Gasteiger partial charge in [-0.2, -0.15) is 0 Å². The fraction of sp³-hybridized carbons (Fsp3) is 0.290. The van der Waals surface area contributed by atoms with Gasteiger partial charge in [-0.05, 0) is 68.7 Å². The number of amides is 4. The van der Waals surface area contributed by atoms with E-state index in [0.29, 0.717) is 34.0 Å². The maximum Gasteiger partial charge on any atom is 0.421 e. The van der Waals surface area contributed by atoms with Crippen molar-refractivity contribution < 1.29 is 33.4 Å². The lowest BCUT2D eigenvalue weighted by molar-refractivity contribution is -0.131. The summed E-state index contributed by atoms with van der Waals surface area (Å²) in [5.41, 5.74) is -0.474. The van der Waals surface area contributed by atoms with E-state index in [1.807, 2.05) is 0 Å². The van der Waals surface area contributed by atoms with Crippen molar-refractivity contribution in [2.45, 2.75) is 44.6 Å². The lowest BCUT2D eigenvalue weighted by atomic mass is 9.66. The zero-order valence-corrected chi connectivity index (χ0v) is 22.4. The normalized spacial score (nSPS) is 21.7. The van der Waals surface area contributed by atoms with Crippen molar-refractivity contribution in [3.05, 3.63) is 83.9 Å². The zero-order valence-electron chi connectivity index (χ0n) is 22.4. The first-order valence-corrected chi connectivity index (χ1v) is 13.1. The summed E-state index contributed by atoms with van der Waals surface area (Å²) < 4.78 is 16.6. The Bertz CT molecular complexity index is 1540. The Morgan fingerprint density at radius 3 is 2.40 bits per heavy atom. The zero-order chi connectivity index (χ0) is 28.2. The Hall–Kier alpha value is -4.66. The van der Waals surface area contributed by atoms with E-state index < -0.39 is 40.7 Å². The molecular weight excluding hydrogens is 512 g/mol. The van der Waals surface area contributed by atoms with Gasteiger partial charge in [-0.15, -0.1) is 0 Å². The molecule has 6 rings (SSSR count). The molecule has 0 radical (unpaired) electrons. The number of hydrogen-bond acceptors (Lipinski definition) is 7. The van der Waals surface area contributed by atoms with E-state index >= 15 is 0 Å². The monoisotopic (exact) mass is 540 g/mol. The van der Waals surface area contributed by atoms with E-state index in [9.17, 15) is 19.2 Å². The molecule has 0 aromatic heterocycles. The number of carbonyl (C=O) groups excluding carboxylic acids is 4. The Morgan fingerprint density at radius 2 is 1.65 bits per heavy atom. The number of anilines is 2. The number of rotatable bonds is 4. The molecule has 3 aromatic rings. The van der Waals surface area contributed by atoms with Crippen LogP contribution in [0.3, 0.4) is 0 Å². The van der Waals surface area contributed by atoms with Gasteiger partial charge in [-0.25, -0.2) is 9.69 Å². The minimum absolute atomic E-state index is 0.0467. The van der Waals surface area contributed by atoms with Crippen LogP contribution in [-0.4, -0.2) is 36.2 Å². The molecule has 2 atom stereocenters. The highest BCUT2D eigenvalue weighted by Gasteiger charge is 2.63. The van der Waals surface area contributed by atoms with Crippen molar-refractivity contribution in [3.63, 3.8) is 0 Å². The number of fused-ring (bicyclic) bond motifs is 2. The molecule has 0 N–H and O–H groups in total. The molecule has 204 valence electrons. The minimum Gasteiger partial charge on any atom is -0.454 e. The van der Waals surface area contributed by atoms with Gasteiger partial charge < -0.3 is 14.2 Å². The van der Waals surface area contributed by atoms with E-state index in [1.165, 1.54) is 0 Å². The molecule has 3 aromatic carbocycles. The average molecular weight is 541 g/mol. The first-order chi connectivity index (χ1) is 19.1. The summed E-state index contributed by atoms with van der Waals surface area (Å²) in [6, 6.07) is 20.8. The van der Waals surface area contributed by atoms with Crippen LogP contribution in [0.1, 0.15) is 38.3 Å². The van der Waals surface area contributed by atoms with Gasteiger partial charge in [-0.1, -0.05) is 42.5 Å². The summed E-state index contributed by atoms with van der Waals surface area (Å²) in [4.78, 5) is 57.7. The van der Waals surface area contributed by atoms with Gasteiger partial charge in [0.05, 0.1) is 22.7 Å². The summed E-state index contributed by atoms with van der Waals surface area (Å²) in [6.07, 6.45) is -0.986. The standard InChI is InChI=1S/C31H28N2O7/c1-30(2,3)40-29(37)33-23-12-8-7-11-21(23)31(28(33)36,17-19-13-14-24-25(15-19)39-18-38-24)22-16-26(34)32(27(22)35)20-9-5-4-6-10-20/h4-15,22H,16-18H2,1-3H3/t22?,31-/m1/s1. The van der Waals surface area contributed by atoms with Crippen LogP contribution in [0.2, 0.25) is 0 Å². The molecule has 4 amide bonds. The molecular formula is C31H28N2O7. The molecule has 0 spiro atoms. The molecule has 3 aliphatic rings. The third-order valence-corrected chi connectivity index (χ3v) is 7.46. The molecule has 9 heteroatoms. The number of imide groups is 2. The van der Waals surface area contributed by atoms with Gasteiger partial charge >= 0.3 is 6.09 Å². The van der Waals surface area contributed by atoms with E-state index in [1.54, 1.807) is 93.6 Å². The third-order valence-electron chi connectivity index (χ3n) is 7.46. The highest BCUT2D eigenvalue weighted by atomic mass is 16.7. The van der Waals surface area contributed by atoms with Crippen molar-refractivity contribution in [2.24, 2.45) is 5.92 Å². The Kier molecular flexibility index (Phi) is 5.90. The maximum absolute atomic E-state index is 14.6. The fourth-order valence-corrected chi connectivity index (χ4v) is 5.83. The van der Waals surface area contributed by atoms with E-state index in [0.717, 1.165) is 9.80 Å². The predicted molar refractivity (Wildman–Crippen MR) is 145 cm³/mol. The Balaban J connectivity index is 1.51. The summed E-state index contributed by atoms with van der Waals surface area (Å²) in [5, 5.41) is 0.